The maximum absolute atomic E-state index is 12.9. The zero-order valence-corrected chi connectivity index (χ0v) is 14.7. The van der Waals surface area contributed by atoms with E-state index in [1.165, 1.54) is 11.4 Å². The molecular formula is C16H19NO4S2. The van der Waals surface area contributed by atoms with Crippen LogP contribution >= 0.6 is 0 Å². The third-order valence-electron chi connectivity index (χ3n) is 4.62. The van der Waals surface area contributed by atoms with Gasteiger partial charge in [-0.15, -0.1) is 0 Å². The van der Waals surface area contributed by atoms with E-state index in [-0.39, 0.29) is 16.4 Å². The van der Waals surface area contributed by atoms with Gasteiger partial charge in [0.05, 0.1) is 16.4 Å². The highest BCUT2D eigenvalue weighted by atomic mass is 32.2. The Bertz CT molecular complexity index is 966. The summed E-state index contributed by atoms with van der Waals surface area (Å²) in [4.78, 5) is 0.184. The van der Waals surface area contributed by atoms with E-state index in [1.807, 2.05) is 24.3 Å². The SMILES string of the molecule is CN([C@@]1(C)CCS(=O)(=O)C1)S(=O)(=O)c1ccc2ccccc2c1. The molecule has 0 aliphatic carbocycles. The first kappa shape index (κ1) is 16.4. The second-order valence-electron chi connectivity index (χ2n) is 6.32. The Labute approximate surface area is 136 Å². The van der Waals surface area contributed by atoms with Crippen LogP contribution in [0.3, 0.4) is 0 Å². The van der Waals surface area contributed by atoms with E-state index in [0.717, 1.165) is 10.8 Å². The van der Waals surface area contributed by atoms with Crippen LogP contribution in [0.25, 0.3) is 10.8 Å². The van der Waals surface area contributed by atoms with Crippen molar-refractivity contribution in [1.29, 1.82) is 0 Å². The summed E-state index contributed by atoms with van der Waals surface area (Å²) in [7, 11) is -5.47. The van der Waals surface area contributed by atoms with E-state index in [1.54, 1.807) is 25.1 Å². The molecule has 23 heavy (non-hydrogen) atoms. The van der Waals surface area contributed by atoms with Gasteiger partial charge in [0.1, 0.15) is 0 Å². The van der Waals surface area contributed by atoms with Crippen molar-refractivity contribution < 1.29 is 16.8 Å². The van der Waals surface area contributed by atoms with Crippen molar-refractivity contribution in [3.63, 3.8) is 0 Å². The Morgan fingerprint density at radius 2 is 1.74 bits per heavy atom. The summed E-state index contributed by atoms with van der Waals surface area (Å²) in [5.74, 6) is -0.107. The topological polar surface area (TPSA) is 71.5 Å². The molecule has 1 aliphatic rings. The highest BCUT2D eigenvalue weighted by molar-refractivity contribution is 7.92. The van der Waals surface area contributed by atoms with Crippen molar-refractivity contribution in [1.82, 2.24) is 4.31 Å². The average Bonchev–Trinajstić information content (AvgIpc) is 2.80. The van der Waals surface area contributed by atoms with Crippen LogP contribution in [0.5, 0.6) is 0 Å². The van der Waals surface area contributed by atoms with Crippen LogP contribution in [0.15, 0.2) is 47.4 Å². The molecule has 2 aromatic carbocycles. The second-order valence-corrected chi connectivity index (χ2v) is 10.5. The van der Waals surface area contributed by atoms with E-state index in [2.05, 4.69) is 0 Å². The first-order valence-electron chi connectivity index (χ1n) is 7.32. The molecule has 1 fully saturated rings. The maximum Gasteiger partial charge on any atom is 0.243 e. The number of benzene rings is 2. The molecule has 0 unspecified atom stereocenters. The molecule has 5 nitrogen and oxygen atoms in total. The molecule has 1 saturated heterocycles. The number of hydrogen-bond acceptors (Lipinski definition) is 4. The molecule has 3 rings (SSSR count). The van der Waals surface area contributed by atoms with Gasteiger partial charge in [-0.2, -0.15) is 4.31 Å². The fourth-order valence-electron chi connectivity index (χ4n) is 3.02. The highest BCUT2D eigenvalue weighted by Gasteiger charge is 2.46. The quantitative estimate of drug-likeness (QED) is 0.846. The van der Waals surface area contributed by atoms with Crippen molar-refractivity contribution in [2.24, 2.45) is 0 Å². The molecule has 1 aliphatic heterocycles. The monoisotopic (exact) mass is 353 g/mol. The molecule has 124 valence electrons. The lowest BCUT2D eigenvalue weighted by Gasteiger charge is -2.33. The van der Waals surface area contributed by atoms with Gasteiger partial charge in [0, 0.05) is 12.6 Å². The van der Waals surface area contributed by atoms with E-state index in [4.69, 9.17) is 0 Å². The normalized spacial score (nSPS) is 24.3. The number of fused-ring (bicyclic) bond motifs is 1. The molecule has 0 aromatic heterocycles. The molecule has 0 spiro atoms. The third kappa shape index (κ3) is 2.88. The number of hydrogen-bond donors (Lipinski definition) is 0. The Kier molecular flexibility index (Phi) is 3.78. The summed E-state index contributed by atoms with van der Waals surface area (Å²) in [5, 5.41) is 1.80. The summed E-state index contributed by atoms with van der Waals surface area (Å²) < 4.78 is 50.6. The number of sulfone groups is 1. The molecule has 0 N–H and O–H groups in total. The molecule has 1 heterocycles. The molecule has 0 amide bonds. The number of nitrogens with zero attached hydrogens (tertiary/aromatic N) is 1. The summed E-state index contributed by atoms with van der Waals surface area (Å²) in [6.07, 6.45) is 0.318. The Morgan fingerprint density at radius 3 is 2.35 bits per heavy atom. The van der Waals surface area contributed by atoms with Crippen molar-refractivity contribution in [2.75, 3.05) is 18.6 Å². The lowest BCUT2D eigenvalue weighted by Crippen LogP contribution is -2.48. The fourth-order valence-corrected chi connectivity index (χ4v) is 6.85. The molecule has 0 saturated carbocycles. The van der Waals surface area contributed by atoms with Gasteiger partial charge in [-0.25, -0.2) is 16.8 Å². The summed E-state index contributed by atoms with van der Waals surface area (Å²) in [6, 6.07) is 12.5. The Morgan fingerprint density at radius 1 is 1.09 bits per heavy atom. The van der Waals surface area contributed by atoms with E-state index < -0.39 is 25.4 Å². The minimum atomic E-state index is -3.75. The van der Waals surface area contributed by atoms with Crippen LogP contribution in [0.1, 0.15) is 13.3 Å². The van der Waals surface area contributed by atoms with Crippen molar-refractivity contribution in [2.45, 2.75) is 23.8 Å². The van der Waals surface area contributed by atoms with Crippen molar-refractivity contribution in [3.05, 3.63) is 42.5 Å². The highest BCUT2D eigenvalue weighted by Crippen LogP contribution is 2.33. The Balaban J connectivity index is 2.03. The summed E-state index contributed by atoms with van der Waals surface area (Å²) in [5.41, 5.74) is -0.899. The third-order valence-corrected chi connectivity index (χ3v) is 8.52. The van der Waals surface area contributed by atoms with Crippen LogP contribution in [0, 0.1) is 0 Å². The molecule has 0 radical (unpaired) electrons. The van der Waals surface area contributed by atoms with Gasteiger partial charge < -0.3 is 0 Å². The largest absolute Gasteiger partial charge is 0.243 e. The summed E-state index contributed by atoms with van der Waals surface area (Å²) >= 11 is 0. The van der Waals surface area contributed by atoms with Gasteiger partial charge in [0.2, 0.25) is 10.0 Å². The smallest absolute Gasteiger partial charge is 0.229 e. The molecule has 2 aromatic rings. The van der Waals surface area contributed by atoms with Crippen LogP contribution in [0.4, 0.5) is 0 Å². The molecule has 7 heteroatoms. The second kappa shape index (κ2) is 5.29. The fraction of sp³-hybridized carbons (Fsp3) is 0.375. The van der Waals surface area contributed by atoms with Crippen LogP contribution in [-0.4, -0.2) is 45.2 Å². The number of sulfonamides is 1. The first-order valence-corrected chi connectivity index (χ1v) is 10.6. The molecule has 1 atom stereocenters. The minimum absolute atomic E-state index is 0.0288. The predicted molar refractivity (Wildman–Crippen MR) is 90.6 cm³/mol. The van der Waals surface area contributed by atoms with Gasteiger partial charge in [0.25, 0.3) is 0 Å². The lowest BCUT2D eigenvalue weighted by atomic mass is 10.0. The predicted octanol–water partition coefficient (Wildman–Crippen LogP) is 2.04. The van der Waals surface area contributed by atoms with Crippen LogP contribution < -0.4 is 0 Å². The average molecular weight is 353 g/mol. The maximum atomic E-state index is 12.9. The van der Waals surface area contributed by atoms with E-state index >= 15 is 0 Å². The van der Waals surface area contributed by atoms with Gasteiger partial charge in [0.15, 0.2) is 9.84 Å². The first-order chi connectivity index (χ1) is 10.6. The lowest BCUT2D eigenvalue weighted by molar-refractivity contribution is 0.273. The minimum Gasteiger partial charge on any atom is -0.229 e. The van der Waals surface area contributed by atoms with E-state index in [9.17, 15) is 16.8 Å². The molecular weight excluding hydrogens is 334 g/mol. The van der Waals surface area contributed by atoms with Gasteiger partial charge in [-0.05, 0) is 36.2 Å². The zero-order chi connectivity index (χ0) is 16.9. The molecule has 0 bridgehead atoms. The van der Waals surface area contributed by atoms with Gasteiger partial charge in [-0.3, -0.25) is 0 Å². The van der Waals surface area contributed by atoms with Crippen LogP contribution in [0.2, 0.25) is 0 Å². The summed E-state index contributed by atoms with van der Waals surface area (Å²) in [6.45, 7) is 1.69. The van der Waals surface area contributed by atoms with Gasteiger partial charge in [-0.1, -0.05) is 30.3 Å². The Hall–Kier alpha value is -1.44. The van der Waals surface area contributed by atoms with Crippen LogP contribution in [-0.2, 0) is 19.9 Å². The van der Waals surface area contributed by atoms with Crippen molar-refractivity contribution in [3.8, 4) is 0 Å². The van der Waals surface area contributed by atoms with Crippen molar-refractivity contribution >= 4 is 30.6 Å². The standard InChI is InChI=1S/C16H19NO4S2/c1-16(9-10-22(18,19)12-16)17(2)23(20,21)15-8-7-13-5-3-4-6-14(13)11-15/h3-8,11H,9-10,12H2,1-2H3/t16-/m0/s1. The van der Waals surface area contributed by atoms with Gasteiger partial charge >= 0.3 is 0 Å². The van der Waals surface area contributed by atoms with E-state index in [0.29, 0.717) is 6.42 Å². The number of rotatable bonds is 3. The zero-order valence-electron chi connectivity index (χ0n) is 13.1.